The molecule has 1 N–H and O–H groups in total. The molecular formula is C24H26ClN5O2. The zero-order valence-electron chi connectivity index (χ0n) is 18.4. The van der Waals surface area contributed by atoms with Crippen LogP contribution < -0.4 is 5.32 Å². The molecule has 2 heterocycles. The molecular weight excluding hydrogens is 426 g/mol. The zero-order chi connectivity index (χ0) is 22.8. The first-order valence-electron chi connectivity index (χ1n) is 10.6. The highest BCUT2D eigenvalue weighted by molar-refractivity contribution is 6.31. The van der Waals surface area contributed by atoms with Gasteiger partial charge in [0.1, 0.15) is 0 Å². The van der Waals surface area contributed by atoms with Crippen molar-refractivity contribution in [1.29, 1.82) is 0 Å². The van der Waals surface area contributed by atoms with Crippen LogP contribution in [0.5, 0.6) is 0 Å². The molecule has 8 heteroatoms. The fourth-order valence-corrected chi connectivity index (χ4v) is 4.10. The smallest absolute Gasteiger partial charge is 0.321 e. The van der Waals surface area contributed by atoms with Gasteiger partial charge < -0.3 is 15.1 Å². The number of anilines is 1. The van der Waals surface area contributed by atoms with Gasteiger partial charge in [0, 0.05) is 36.9 Å². The molecule has 3 aromatic rings. The molecule has 2 aromatic carbocycles. The molecule has 0 spiro atoms. The molecule has 0 bridgehead atoms. The summed E-state index contributed by atoms with van der Waals surface area (Å²) in [4.78, 5) is 29.4. The van der Waals surface area contributed by atoms with Crippen molar-refractivity contribution in [1.82, 2.24) is 19.6 Å². The van der Waals surface area contributed by atoms with E-state index >= 15 is 0 Å². The molecule has 0 saturated carbocycles. The van der Waals surface area contributed by atoms with Crippen LogP contribution in [0.15, 0.2) is 48.5 Å². The van der Waals surface area contributed by atoms with Gasteiger partial charge in [0.25, 0.3) is 5.91 Å². The number of hydrogen-bond acceptors (Lipinski definition) is 3. The fraction of sp³-hybridized carbons (Fsp3) is 0.292. The maximum Gasteiger partial charge on any atom is 0.321 e. The van der Waals surface area contributed by atoms with Gasteiger partial charge in [-0.05, 0) is 50.6 Å². The summed E-state index contributed by atoms with van der Waals surface area (Å²) in [5.74, 6) is -0.0486. The number of carbonyl (C=O) groups is 2. The number of rotatable bonds is 3. The predicted molar refractivity (Wildman–Crippen MR) is 126 cm³/mol. The first-order chi connectivity index (χ1) is 15.3. The third-order valence-electron chi connectivity index (χ3n) is 5.78. The summed E-state index contributed by atoms with van der Waals surface area (Å²) in [6, 6.07) is 15.0. The minimum absolute atomic E-state index is 0.0486. The van der Waals surface area contributed by atoms with Gasteiger partial charge in [-0.15, -0.1) is 0 Å². The first-order valence-corrected chi connectivity index (χ1v) is 11.0. The largest absolute Gasteiger partial charge is 0.335 e. The Labute approximate surface area is 192 Å². The van der Waals surface area contributed by atoms with Gasteiger partial charge in [-0.25, -0.2) is 9.48 Å². The lowest BCUT2D eigenvalue weighted by atomic mass is 10.1. The Morgan fingerprint density at radius 1 is 0.938 bits per heavy atom. The van der Waals surface area contributed by atoms with Crippen LogP contribution >= 0.6 is 11.6 Å². The van der Waals surface area contributed by atoms with Gasteiger partial charge in [0.05, 0.1) is 22.6 Å². The van der Waals surface area contributed by atoms with Crippen molar-refractivity contribution < 1.29 is 9.59 Å². The predicted octanol–water partition coefficient (Wildman–Crippen LogP) is 4.44. The molecule has 32 heavy (non-hydrogen) atoms. The van der Waals surface area contributed by atoms with Crippen molar-refractivity contribution in [2.24, 2.45) is 0 Å². The van der Waals surface area contributed by atoms with Crippen LogP contribution in [0.4, 0.5) is 10.5 Å². The maximum absolute atomic E-state index is 13.3. The number of para-hydroxylation sites is 1. The molecule has 166 valence electrons. The van der Waals surface area contributed by atoms with Crippen LogP contribution in [0.1, 0.15) is 27.3 Å². The van der Waals surface area contributed by atoms with E-state index in [2.05, 4.69) is 10.4 Å². The van der Waals surface area contributed by atoms with E-state index in [-0.39, 0.29) is 11.9 Å². The molecule has 1 aliphatic rings. The average Bonchev–Trinajstić information content (AvgIpc) is 3.10. The van der Waals surface area contributed by atoms with Crippen LogP contribution in [0.3, 0.4) is 0 Å². The summed E-state index contributed by atoms with van der Waals surface area (Å²) in [7, 11) is 0. The molecule has 0 radical (unpaired) electrons. The number of hydrogen-bond donors (Lipinski definition) is 1. The summed E-state index contributed by atoms with van der Waals surface area (Å²) < 4.78 is 1.80. The summed E-state index contributed by atoms with van der Waals surface area (Å²) >= 11 is 6.15. The minimum Gasteiger partial charge on any atom is -0.335 e. The number of carbonyl (C=O) groups excluding carboxylic acids is 2. The molecule has 1 aliphatic heterocycles. The lowest BCUT2D eigenvalue weighted by Gasteiger charge is -2.34. The molecule has 3 amide bonds. The molecule has 0 atom stereocenters. The number of aryl methyl sites for hydroxylation is 2. The van der Waals surface area contributed by atoms with E-state index in [1.54, 1.807) is 20.5 Å². The number of amides is 3. The third-order valence-corrected chi connectivity index (χ3v) is 6.19. The van der Waals surface area contributed by atoms with Gasteiger partial charge in [-0.1, -0.05) is 35.9 Å². The number of halogens is 1. The van der Waals surface area contributed by atoms with Crippen molar-refractivity contribution >= 4 is 29.2 Å². The number of aromatic nitrogens is 2. The van der Waals surface area contributed by atoms with Crippen LogP contribution in [0, 0.1) is 20.8 Å². The van der Waals surface area contributed by atoms with E-state index in [4.69, 9.17) is 11.6 Å². The fourth-order valence-electron chi connectivity index (χ4n) is 3.92. The van der Waals surface area contributed by atoms with E-state index in [9.17, 15) is 9.59 Å². The van der Waals surface area contributed by atoms with E-state index < -0.39 is 0 Å². The van der Waals surface area contributed by atoms with E-state index in [0.717, 1.165) is 16.9 Å². The highest BCUT2D eigenvalue weighted by atomic mass is 35.5. The summed E-state index contributed by atoms with van der Waals surface area (Å²) in [5.41, 5.74) is 4.68. The van der Waals surface area contributed by atoms with Gasteiger partial charge in [0.15, 0.2) is 0 Å². The quantitative estimate of drug-likeness (QED) is 0.639. The molecule has 7 nitrogen and oxygen atoms in total. The van der Waals surface area contributed by atoms with Gasteiger partial charge >= 0.3 is 6.03 Å². The Morgan fingerprint density at radius 2 is 1.59 bits per heavy atom. The second-order valence-corrected chi connectivity index (χ2v) is 8.37. The van der Waals surface area contributed by atoms with Crippen molar-refractivity contribution in [3.05, 3.63) is 76.1 Å². The van der Waals surface area contributed by atoms with E-state index in [1.807, 2.05) is 63.2 Å². The normalized spacial score (nSPS) is 13.9. The Hall–Kier alpha value is -3.32. The van der Waals surface area contributed by atoms with Gasteiger partial charge in [0.2, 0.25) is 0 Å². The summed E-state index contributed by atoms with van der Waals surface area (Å²) in [6.45, 7) is 7.54. The number of piperazine rings is 1. The Kier molecular flexibility index (Phi) is 6.19. The van der Waals surface area contributed by atoms with Crippen molar-refractivity contribution in [3.8, 4) is 5.69 Å². The third kappa shape index (κ3) is 4.34. The highest BCUT2D eigenvalue weighted by Gasteiger charge is 2.28. The lowest BCUT2D eigenvalue weighted by Crippen LogP contribution is -2.51. The zero-order valence-corrected chi connectivity index (χ0v) is 19.2. The lowest BCUT2D eigenvalue weighted by molar-refractivity contribution is 0.0670. The van der Waals surface area contributed by atoms with Crippen LogP contribution in [-0.4, -0.2) is 57.7 Å². The Morgan fingerprint density at radius 3 is 2.25 bits per heavy atom. The summed E-state index contributed by atoms with van der Waals surface area (Å²) in [6.07, 6.45) is 0. The Balaban J connectivity index is 1.41. The number of benzene rings is 2. The average molecular weight is 452 g/mol. The van der Waals surface area contributed by atoms with Crippen molar-refractivity contribution in [3.63, 3.8) is 0 Å². The molecule has 1 aromatic heterocycles. The van der Waals surface area contributed by atoms with Crippen LogP contribution in [0.2, 0.25) is 5.02 Å². The van der Waals surface area contributed by atoms with E-state index in [1.165, 1.54) is 0 Å². The number of nitrogens with one attached hydrogen (secondary N) is 1. The number of nitrogens with zero attached hydrogens (tertiary/aromatic N) is 4. The molecule has 1 saturated heterocycles. The van der Waals surface area contributed by atoms with Crippen LogP contribution in [-0.2, 0) is 0 Å². The molecule has 1 fully saturated rings. The van der Waals surface area contributed by atoms with Gasteiger partial charge in [-0.2, -0.15) is 5.10 Å². The molecule has 0 unspecified atom stereocenters. The highest BCUT2D eigenvalue weighted by Crippen LogP contribution is 2.22. The summed E-state index contributed by atoms with van der Waals surface area (Å²) in [5, 5.41) is 8.08. The Bertz CT molecular complexity index is 1150. The van der Waals surface area contributed by atoms with Crippen LogP contribution in [0.25, 0.3) is 5.69 Å². The number of urea groups is 1. The maximum atomic E-state index is 13.3. The first kappa shape index (κ1) is 21.9. The standard InChI is InChI=1S/C24H26ClN5O2/c1-16-9-10-19(15-21(16)25)26-24(32)29-13-11-28(12-14-29)23(31)22-17(2)27-30(18(22)3)20-7-5-4-6-8-20/h4-10,15H,11-14H2,1-3H3,(H,26,32). The SMILES string of the molecule is Cc1ccc(NC(=O)N2CCN(C(=O)c3c(C)nn(-c4ccccc4)c3C)CC2)cc1Cl. The topological polar surface area (TPSA) is 70.5 Å². The molecule has 0 aliphatic carbocycles. The second kappa shape index (κ2) is 9.04. The van der Waals surface area contributed by atoms with Gasteiger partial charge in [-0.3, -0.25) is 4.79 Å². The minimum atomic E-state index is -0.193. The molecule has 4 rings (SSSR count). The second-order valence-electron chi connectivity index (χ2n) is 7.97. The monoisotopic (exact) mass is 451 g/mol. The van der Waals surface area contributed by atoms with Crippen molar-refractivity contribution in [2.45, 2.75) is 20.8 Å². The van der Waals surface area contributed by atoms with Crippen molar-refractivity contribution in [2.75, 3.05) is 31.5 Å². The van der Waals surface area contributed by atoms with E-state index in [0.29, 0.717) is 48.1 Å².